The van der Waals surface area contributed by atoms with Gasteiger partial charge in [0.05, 0.1) is 12.0 Å². The molecule has 1 amide bonds. The number of sulfonamides is 1. The zero-order valence-electron chi connectivity index (χ0n) is 15.7. The van der Waals surface area contributed by atoms with Crippen molar-refractivity contribution in [3.05, 3.63) is 23.8 Å². The average Bonchev–Trinajstić information content (AvgIpc) is 2.66. The van der Waals surface area contributed by atoms with Gasteiger partial charge in [-0.2, -0.15) is 4.31 Å². The molecule has 2 N–H and O–H groups in total. The topological polar surface area (TPSA) is 87.7 Å². The number of rotatable bonds is 8. The highest BCUT2D eigenvalue weighted by molar-refractivity contribution is 7.89. The first-order valence-corrected chi connectivity index (χ1v) is 10.4. The van der Waals surface area contributed by atoms with Crippen LogP contribution in [0.15, 0.2) is 23.1 Å². The first-order chi connectivity index (χ1) is 12.4. The fourth-order valence-corrected chi connectivity index (χ4v) is 4.83. The standard InChI is InChI=1S/C18H29N3O4S/c1-4-18(22)20-12-15-10-16(7-8-17(15)25-3)26(23,24)21-9-5-6-14(13-21)11-19-2/h7-8,10,14,19H,4-6,9,11-13H2,1-3H3,(H,20,22). The van der Waals surface area contributed by atoms with Gasteiger partial charge in [0.1, 0.15) is 5.75 Å². The van der Waals surface area contributed by atoms with Crippen LogP contribution in [0.5, 0.6) is 5.75 Å². The van der Waals surface area contributed by atoms with Crippen LogP contribution in [0.3, 0.4) is 0 Å². The molecule has 1 unspecified atom stereocenters. The fraction of sp³-hybridized carbons (Fsp3) is 0.611. The van der Waals surface area contributed by atoms with Crippen LogP contribution in [0.1, 0.15) is 31.7 Å². The first-order valence-electron chi connectivity index (χ1n) is 9.00. The Balaban J connectivity index is 2.24. The largest absolute Gasteiger partial charge is 0.496 e. The minimum atomic E-state index is -3.57. The van der Waals surface area contributed by atoms with Crippen molar-refractivity contribution in [1.29, 1.82) is 0 Å². The lowest BCUT2D eigenvalue weighted by Gasteiger charge is -2.32. The van der Waals surface area contributed by atoms with Crippen molar-refractivity contribution in [2.24, 2.45) is 5.92 Å². The molecular formula is C18H29N3O4S. The summed E-state index contributed by atoms with van der Waals surface area (Å²) < 4.78 is 33.0. The minimum Gasteiger partial charge on any atom is -0.496 e. The molecule has 8 heteroatoms. The SMILES string of the molecule is CCC(=O)NCc1cc(S(=O)(=O)N2CCCC(CNC)C2)ccc1OC. The van der Waals surface area contributed by atoms with E-state index in [2.05, 4.69) is 10.6 Å². The molecule has 1 fully saturated rings. The van der Waals surface area contributed by atoms with Gasteiger partial charge in [0.25, 0.3) is 0 Å². The van der Waals surface area contributed by atoms with Crippen molar-refractivity contribution in [2.45, 2.75) is 37.6 Å². The Morgan fingerprint density at radius 2 is 2.15 bits per heavy atom. The lowest BCUT2D eigenvalue weighted by molar-refractivity contribution is -0.120. The molecule has 146 valence electrons. The number of nitrogens with zero attached hydrogens (tertiary/aromatic N) is 1. The summed E-state index contributed by atoms with van der Waals surface area (Å²) in [6, 6.07) is 4.82. The van der Waals surface area contributed by atoms with Crippen molar-refractivity contribution in [3.63, 3.8) is 0 Å². The number of amides is 1. The molecule has 1 aromatic rings. The molecule has 0 bridgehead atoms. The van der Waals surface area contributed by atoms with Crippen molar-refractivity contribution >= 4 is 15.9 Å². The van der Waals surface area contributed by atoms with Gasteiger partial charge in [0.2, 0.25) is 15.9 Å². The zero-order valence-corrected chi connectivity index (χ0v) is 16.6. The summed E-state index contributed by atoms with van der Waals surface area (Å²) in [4.78, 5) is 11.8. The van der Waals surface area contributed by atoms with Gasteiger partial charge < -0.3 is 15.4 Å². The maximum absolute atomic E-state index is 13.1. The normalized spacial score (nSPS) is 18.5. The molecule has 0 radical (unpaired) electrons. The van der Waals surface area contributed by atoms with Gasteiger partial charge in [-0.15, -0.1) is 0 Å². The second kappa shape index (κ2) is 9.34. The highest BCUT2D eigenvalue weighted by Gasteiger charge is 2.30. The van der Waals surface area contributed by atoms with Gasteiger partial charge >= 0.3 is 0 Å². The highest BCUT2D eigenvalue weighted by atomic mass is 32.2. The van der Waals surface area contributed by atoms with Crippen LogP contribution < -0.4 is 15.4 Å². The van der Waals surface area contributed by atoms with E-state index in [-0.39, 0.29) is 17.3 Å². The molecule has 26 heavy (non-hydrogen) atoms. The van der Waals surface area contributed by atoms with Crippen LogP contribution in [-0.4, -0.2) is 52.4 Å². The number of methoxy groups -OCH3 is 1. The molecule has 0 aromatic heterocycles. The van der Waals surface area contributed by atoms with Gasteiger partial charge in [-0.3, -0.25) is 4.79 Å². The number of hydrogen-bond acceptors (Lipinski definition) is 5. The third kappa shape index (κ3) is 4.96. The summed E-state index contributed by atoms with van der Waals surface area (Å²) in [7, 11) is -0.155. The Morgan fingerprint density at radius 1 is 1.38 bits per heavy atom. The van der Waals surface area contributed by atoms with Gasteiger partial charge in [-0.05, 0) is 50.6 Å². The molecule has 1 aliphatic rings. The summed E-state index contributed by atoms with van der Waals surface area (Å²) in [5.41, 5.74) is 0.652. The molecular weight excluding hydrogens is 354 g/mol. The lowest BCUT2D eigenvalue weighted by atomic mass is 10.00. The van der Waals surface area contributed by atoms with Crippen LogP contribution in [0.2, 0.25) is 0 Å². The number of carbonyl (C=O) groups is 1. The Labute approximate surface area is 156 Å². The first kappa shape index (κ1) is 20.7. The Kier molecular flexibility index (Phi) is 7.43. The third-order valence-electron chi connectivity index (χ3n) is 4.66. The van der Waals surface area contributed by atoms with Crippen molar-refractivity contribution in [2.75, 3.05) is 33.8 Å². The molecule has 0 saturated carbocycles. The number of hydrogen-bond donors (Lipinski definition) is 2. The third-order valence-corrected chi connectivity index (χ3v) is 6.52. The number of ether oxygens (including phenoxy) is 1. The number of carbonyl (C=O) groups excluding carboxylic acids is 1. The molecule has 2 rings (SSSR count). The highest BCUT2D eigenvalue weighted by Crippen LogP contribution is 2.27. The van der Waals surface area contributed by atoms with E-state index in [1.165, 1.54) is 7.11 Å². The maximum atomic E-state index is 13.1. The quantitative estimate of drug-likeness (QED) is 0.707. The van der Waals surface area contributed by atoms with Crippen LogP contribution in [-0.2, 0) is 21.4 Å². The molecule has 0 aliphatic carbocycles. The molecule has 1 atom stereocenters. The van der Waals surface area contributed by atoms with Crippen LogP contribution >= 0.6 is 0 Å². The summed E-state index contributed by atoms with van der Waals surface area (Å²) in [6.45, 7) is 3.88. The summed E-state index contributed by atoms with van der Waals surface area (Å²) >= 11 is 0. The summed E-state index contributed by atoms with van der Waals surface area (Å²) in [6.07, 6.45) is 2.27. The molecule has 1 heterocycles. The van der Waals surface area contributed by atoms with Crippen molar-refractivity contribution in [3.8, 4) is 5.75 Å². The number of nitrogens with one attached hydrogen (secondary N) is 2. The second-order valence-electron chi connectivity index (χ2n) is 6.53. The molecule has 1 saturated heterocycles. The van der Waals surface area contributed by atoms with Gasteiger partial charge in [0, 0.05) is 31.6 Å². The Morgan fingerprint density at radius 3 is 2.81 bits per heavy atom. The van der Waals surface area contributed by atoms with Crippen LogP contribution in [0.4, 0.5) is 0 Å². The predicted molar refractivity (Wildman–Crippen MR) is 101 cm³/mol. The smallest absolute Gasteiger partial charge is 0.243 e. The van der Waals surface area contributed by atoms with Gasteiger partial charge in [-0.25, -0.2) is 8.42 Å². The van der Waals surface area contributed by atoms with E-state index in [1.807, 2.05) is 7.05 Å². The number of benzene rings is 1. The van der Waals surface area contributed by atoms with E-state index in [9.17, 15) is 13.2 Å². The molecule has 0 spiro atoms. The van der Waals surface area contributed by atoms with E-state index in [0.29, 0.717) is 36.7 Å². The fourth-order valence-electron chi connectivity index (χ4n) is 3.22. The lowest BCUT2D eigenvalue weighted by Crippen LogP contribution is -2.42. The van der Waals surface area contributed by atoms with Crippen LogP contribution in [0, 0.1) is 5.92 Å². The van der Waals surface area contributed by atoms with E-state index < -0.39 is 10.0 Å². The summed E-state index contributed by atoms with van der Waals surface area (Å²) in [5.74, 6) is 0.795. The van der Waals surface area contributed by atoms with E-state index in [0.717, 1.165) is 19.4 Å². The van der Waals surface area contributed by atoms with E-state index in [1.54, 1.807) is 29.4 Å². The monoisotopic (exact) mass is 383 g/mol. The van der Waals surface area contributed by atoms with Crippen molar-refractivity contribution in [1.82, 2.24) is 14.9 Å². The van der Waals surface area contributed by atoms with Gasteiger partial charge in [-0.1, -0.05) is 6.92 Å². The minimum absolute atomic E-state index is 0.0914. The van der Waals surface area contributed by atoms with Crippen LogP contribution in [0.25, 0.3) is 0 Å². The average molecular weight is 384 g/mol. The Hall–Kier alpha value is -1.64. The summed E-state index contributed by atoms with van der Waals surface area (Å²) in [5, 5.41) is 5.90. The van der Waals surface area contributed by atoms with Gasteiger partial charge in [0.15, 0.2) is 0 Å². The predicted octanol–water partition coefficient (Wildman–Crippen LogP) is 1.34. The second-order valence-corrected chi connectivity index (χ2v) is 8.47. The molecule has 1 aromatic carbocycles. The van der Waals surface area contributed by atoms with E-state index in [4.69, 9.17) is 4.74 Å². The maximum Gasteiger partial charge on any atom is 0.243 e. The Bertz CT molecular complexity index is 719. The zero-order chi connectivity index (χ0) is 19.2. The molecule has 1 aliphatic heterocycles. The van der Waals surface area contributed by atoms with E-state index >= 15 is 0 Å². The molecule has 7 nitrogen and oxygen atoms in total. The number of piperidine rings is 1. The van der Waals surface area contributed by atoms with Crippen molar-refractivity contribution < 1.29 is 17.9 Å².